The van der Waals surface area contributed by atoms with Crippen molar-refractivity contribution in [2.24, 2.45) is 34.5 Å². The van der Waals surface area contributed by atoms with Gasteiger partial charge in [-0.3, -0.25) is 0 Å². The summed E-state index contributed by atoms with van der Waals surface area (Å²) in [4.78, 5) is 0. The highest BCUT2D eigenvalue weighted by atomic mass is 19.4. The van der Waals surface area contributed by atoms with Gasteiger partial charge in [-0.15, -0.1) is 0 Å². The molecule has 0 heterocycles. The first-order chi connectivity index (χ1) is 14.2. The van der Waals surface area contributed by atoms with Crippen LogP contribution in [0.15, 0.2) is 24.3 Å². The zero-order valence-corrected chi connectivity index (χ0v) is 18.3. The van der Waals surface area contributed by atoms with Gasteiger partial charge in [0, 0.05) is 0 Å². The summed E-state index contributed by atoms with van der Waals surface area (Å²) in [6.45, 7) is 5.06. The van der Waals surface area contributed by atoms with E-state index in [4.69, 9.17) is 4.74 Å². The molecular formula is C26H35F3O. The normalized spacial score (nSPS) is 43.4. The van der Waals surface area contributed by atoms with Crippen LogP contribution in [0.2, 0.25) is 0 Å². The second-order valence-corrected chi connectivity index (χ2v) is 11.3. The maximum atomic E-state index is 12.8. The summed E-state index contributed by atoms with van der Waals surface area (Å²) in [7, 11) is 0. The Morgan fingerprint density at radius 1 is 0.900 bits per heavy atom. The molecule has 5 rings (SSSR count). The summed E-state index contributed by atoms with van der Waals surface area (Å²) < 4.78 is 44.8. The van der Waals surface area contributed by atoms with E-state index in [2.05, 4.69) is 13.8 Å². The summed E-state index contributed by atoms with van der Waals surface area (Å²) in [5.74, 6) is 3.88. The van der Waals surface area contributed by atoms with Crippen LogP contribution >= 0.6 is 0 Å². The predicted octanol–water partition coefficient (Wildman–Crippen LogP) is 7.89. The highest BCUT2D eigenvalue weighted by molar-refractivity contribution is 5.29. The average Bonchev–Trinajstić information content (AvgIpc) is 3.03. The lowest BCUT2D eigenvalue weighted by Crippen LogP contribution is -2.51. The van der Waals surface area contributed by atoms with Crippen molar-refractivity contribution in [3.05, 3.63) is 29.8 Å². The third kappa shape index (κ3) is 3.37. The molecule has 4 saturated carbocycles. The van der Waals surface area contributed by atoms with E-state index in [0.717, 1.165) is 42.7 Å². The molecule has 0 spiro atoms. The van der Waals surface area contributed by atoms with Crippen molar-refractivity contribution in [1.29, 1.82) is 0 Å². The minimum atomic E-state index is -4.29. The maximum absolute atomic E-state index is 12.8. The van der Waals surface area contributed by atoms with Crippen LogP contribution in [0, 0.1) is 34.5 Å². The van der Waals surface area contributed by atoms with Gasteiger partial charge in [0.2, 0.25) is 0 Å². The quantitative estimate of drug-likeness (QED) is 0.473. The van der Waals surface area contributed by atoms with Crippen LogP contribution < -0.4 is 4.74 Å². The van der Waals surface area contributed by atoms with Gasteiger partial charge in [0.25, 0.3) is 0 Å². The molecule has 30 heavy (non-hydrogen) atoms. The van der Waals surface area contributed by atoms with Gasteiger partial charge in [0.05, 0.1) is 11.7 Å². The lowest BCUT2D eigenvalue weighted by atomic mass is 9.45. The van der Waals surface area contributed by atoms with Crippen molar-refractivity contribution in [2.75, 3.05) is 0 Å². The fourth-order valence-corrected chi connectivity index (χ4v) is 8.29. The number of fused-ring (bicyclic) bond motifs is 5. The Morgan fingerprint density at radius 3 is 2.40 bits per heavy atom. The molecule has 0 radical (unpaired) electrons. The van der Waals surface area contributed by atoms with Gasteiger partial charge in [-0.2, -0.15) is 13.2 Å². The number of ether oxygens (including phenoxy) is 1. The molecule has 0 saturated heterocycles. The van der Waals surface area contributed by atoms with E-state index in [1.807, 2.05) is 0 Å². The van der Waals surface area contributed by atoms with E-state index in [9.17, 15) is 13.2 Å². The van der Waals surface area contributed by atoms with Gasteiger partial charge in [-0.05, 0) is 110 Å². The van der Waals surface area contributed by atoms with Crippen LogP contribution in [0.5, 0.6) is 5.75 Å². The van der Waals surface area contributed by atoms with E-state index < -0.39 is 11.7 Å². The van der Waals surface area contributed by atoms with Gasteiger partial charge in [-0.1, -0.05) is 26.7 Å². The number of hydrogen-bond acceptors (Lipinski definition) is 1. The van der Waals surface area contributed by atoms with Gasteiger partial charge in [0.15, 0.2) is 0 Å². The van der Waals surface area contributed by atoms with Crippen molar-refractivity contribution in [3.63, 3.8) is 0 Å². The zero-order valence-electron chi connectivity index (χ0n) is 18.3. The van der Waals surface area contributed by atoms with Crippen molar-refractivity contribution >= 4 is 0 Å². The third-order valence-electron chi connectivity index (χ3n) is 9.80. The molecule has 166 valence electrons. The first-order valence-electron chi connectivity index (χ1n) is 12.0. The van der Waals surface area contributed by atoms with Gasteiger partial charge < -0.3 is 4.74 Å². The number of rotatable bonds is 2. The fourth-order valence-electron chi connectivity index (χ4n) is 8.29. The van der Waals surface area contributed by atoms with Crippen LogP contribution in [0.1, 0.15) is 83.6 Å². The molecule has 2 unspecified atom stereocenters. The summed E-state index contributed by atoms with van der Waals surface area (Å²) in [6, 6.07) is 5.26. The Kier molecular flexibility index (Phi) is 4.95. The molecule has 1 nitrogen and oxygen atoms in total. The largest absolute Gasteiger partial charge is 0.490 e. The van der Waals surface area contributed by atoms with Crippen molar-refractivity contribution in [1.82, 2.24) is 0 Å². The molecule has 1 aromatic carbocycles. The number of alkyl halides is 3. The number of hydrogen-bond donors (Lipinski definition) is 0. The Bertz CT molecular complexity index is 771. The second kappa shape index (κ2) is 7.17. The SMILES string of the molecule is C[C@]12CC[C@@H]3[C@@H](CCC4CCCC[C@@]43C)[C@@H]1CC(Oc1ccc(C(F)(F)F)cc1)C2. The van der Waals surface area contributed by atoms with E-state index in [0.29, 0.717) is 22.5 Å². The summed E-state index contributed by atoms with van der Waals surface area (Å²) in [6.07, 6.45) is 9.03. The minimum absolute atomic E-state index is 0.132. The van der Waals surface area contributed by atoms with E-state index in [1.165, 1.54) is 63.5 Å². The molecule has 1 aromatic rings. The minimum Gasteiger partial charge on any atom is -0.490 e. The number of halogens is 3. The highest BCUT2D eigenvalue weighted by Crippen LogP contribution is 2.66. The Hall–Kier alpha value is -1.19. The molecule has 7 atom stereocenters. The van der Waals surface area contributed by atoms with E-state index in [1.54, 1.807) is 0 Å². The van der Waals surface area contributed by atoms with Gasteiger partial charge >= 0.3 is 6.18 Å². The molecule has 0 aliphatic heterocycles. The monoisotopic (exact) mass is 420 g/mol. The molecule has 4 aliphatic carbocycles. The average molecular weight is 421 g/mol. The van der Waals surface area contributed by atoms with Gasteiger partial charge in [-0.25, -0.2) is 0 Å². The lowest BCUT2D eigenvalue weighted by molar-refractivity contribution is -0.137. The predicted molar refractivity (Wildman–Crippen MR) is 112 cm³/mol. The standard InChI is InChI=1S/C26H35F3O/c1-24-14-12-22-21(11-8-17-5-3-4-13-25(17,22)2)23(24)15-20(16-24)30-19-9-6-18(7-10-19)26(27,28)29/h6-7,9-10,17,20-23H,3-5,8,11-16H2,1-2H3/t17?,20?,21-,22-,23+,24-,25+/m1/s1. The fraction of sp³-hybridized carbons (Fsp3) is 0.769. The van der Waals surface area contributed by atoms with Gasteiger partial charge in [0.1, 0.15) is 5.75 Å². The Balaban J connectivity index is 1.31. The molecule has 4 fully saturated rings. The van der Waals surface area contributed by atoms with E-state index >= 15 is 0 Å². The molecule has 4 heteroatoms. The summed E-state index contributed by atoms with van der Waals surface area (Å²) >= 11 is 0. The van der Waals surface area contributed by atoms with Crippen LogP contribution in [-0.2, 0) is 6.18 Å². The van der Waals surface area contributed by atoms with Crippen molar-refractivity contribution in [3.8, 4) is 5.75 Å². The van der Waals surface area contributed by atoms with Crippen LogP contribution in [0.25, 0.3) is 0 Å². The molecule has 0 N–H and O–H groups in total. The Morgan fingerprint density at radius 2 is 1.67 bits per heavy atom. The van der Waals surface area contributed by atoms with Crippen LogP contribution in [0.3, 0.4) is 0 Å². The topological polar surface area (TPSA) is 9.23 Å². The smallest absolute Gasteiger partial charge is 0.416 e. The molecule has 4 aliphatic rings. The second-order valence-electron chi connectivity index (χ2n) is 11.3. The van der Waals surface area contributed by atoms with Crippen LogP contribution in [0.4, 0.5) is 13.2 Å². The van der Waals surface area contributed by atoms with Crippen LogP contribution in [-0.4, -0.2) is 6.10 Å². The molecule has 0 bridgehead atoms. The van der Waals surface area contributed by atoms with Crippen molar-refractivity contribution < 1.29 is 17.9 Å². The third-order valence-corrected chi connectivity index (χ3v) is 9.80. The lowest BCUT2D eigenvalue weighted by Gasteiger charge is -2.59. The summed E-state index contributed by atoms with van der Waals surface area (Å²) in [5.41, 5.74) is 0.257. The Labute approximate surface area is 178 Å². The van der Waals surface area contributed by atoms with E-state index in [-0.39, 0.29) is 6.10 Å². The molecule has 0 aromatic heterocycles. The van der Waals surface area contributed by atoms with Crippen molar-refractivity contribution in [2.45, 2.75) is 90.3 Å². The number of benzene rings is 1. The first kappa shape index (κ1) is 20.7. The highest BCUT2D eigenvalue weighted by Gasteiger charge is 2.59. The summed E-state index contributed by atoms with van der Waals surface area (Å²) in [5, 5.41) is 0. The first-order valence-corrected chi connectivity index (χ1v) is 12.0. The molecular weight excluding hydrogens is 385 g/mol. The zero-order chi connectivity index (χ0) is 21.1. The molecule has 0 amide bonds. The maximum Gasteiger partial charge on any atom is 0.416 e.